The summed E-state index contributed by atoms with van der Waals surface area (Å²) >= 11 is 0. The van der Waals surface area contributed by atoms with Gasteiger partial charge in [-0.2, -0.15) is 0 Å². The number of benzene rings is 1. The Balaban J connectivity index is 1.98. The Labute approximate surface area is 130 Å². The summed E-state index contributed by atoms with van der Waals surface area (Å²) in [5.74, 6) is 1.62. The number of nitrogens with two attached hydrogens (primary N) is 1. The maximum absolute atomic E-state index is 6.34. The largest absolute Gasteiger partial charge is 0.369 e. The molecule has 118 valence electrons. The van der Waals surface area contributed by atoms with E-state index in [-0.39, 0.29) is 5.60 Å². The summed E-state index contributed by atoms with van der Waals surface area (Å²) in [5.41, 5.74) is 9.88. The van der Waals surface area contributed by atoms with Crippen molar-refractivity contribution in [1.29, 1.82) is 0 Å². The Morgan fingerprint density at radius 2 is 1.90 bits per heavy atom. The van der Waals surface area contributed by atoms with Gasteiger partial charge in [-0.15, -0.1) is 0 Å². The first-order valence-electron chi connectivity index (χ1n) is 8.36. The van der Waals surface area contributed by atoms with Crippen LogP contribution in [-0.2, 0) is 11.3 Å². The van der Waals surface area contributed by atoms with Gasteiger partial charge in [-0.05, 0) is 62.5 Å². The SMILES string of the molecule is Cc1ccc(C)c(COC2(CN)CCC(C(C)C)CC2)c1. The van der Waals surface area contributed by atoms with Gasteiger partial charge in [-0.25, -0.2) is 0 Å². The molecule has 1 fully saturated rings. The van der Waals surface area contributed by atoms with Crippen LogP contribution in [0.4, 0.5) is 0 Å². The molecule has 2 nitrogen and oxygen atoms in total. The van der Waals surface area contributed by atoms with Gasteiger partial charge in [0, 0.05) is 6.54 Å². The first kappa shape index (κ1) is 16.5. The second-order valence-corrected chi connectivity index (χ2v) is 7.19. The molecule has 0 atom stereocenters. The number of aryl methyl sites for hydroxylation is 2. The van der Waals surface area contributed by atoms with Crippen molar-refractivity contribution >= 4 is 0 Å². The van der Waals surface area contributed by atoms with Crippen LogP contribution in [0.1, 0.15) is 56.2 Å². The van der Waals surface area contributed by atoms with Crippen LogP contribution in [0, 0.1) is 25.7 Å². The summed E-state index contributed by atoms with van der Waals surface area (Å²) in [4.78, 5) is 0. The zero-order chi connectivity index (χ0) is 15.5. The Morgan fingerprint density at radius 3 is 2.48 bits per heavy atom. The number of rotatable bonds is 5. The lowest BCUT2D eigenvalue weighted by atomic mass is 9.74. The molecule has 1 saturated carbocycles. The van der Waals surface area contributed by atoms with Crippen LogP contribution < -0.4 is 5.73 Å². The van der Waals surface area contributed by atoms with E-state index in [1.807, 2.05) is 0 Å². The molecule has 0 unspecified atom stereocenters. The lowest BCUT2D eigenvalue weighted by Gasteiger charge is -2.40. The summed E-state index contributed by atoms with van der Waals surface area (Å²) in [6.45, 7) is 10.3. The molecule has 2 rings (SSSR count). The molecule has 1 aromatic carbocycles. The summed E-state index contributed by atoms with van der Waals surface area (Å²) in [6, 6.07) is 6.57. The normalized spacial score (nSPS) is 26.3. The molecule has 21 heavy (non-hydrogen) atoms. The van der Waals surface area contributed by atoms with E-state index < -0.39 is 0 Å². The van der Waals surface area contributed by atoms with Gasteiger partial charge < -0.3 is 10.5 Å². The van der Waals surface area contributed by atoms with Gasteiger partial charge in [0.15, 0.2) is 0 Å². The number of hydrogen-bond acceptors (Lipinski definition) is 2. The van der Waals surface area contributed by atoms with E-state index in [4.69, 9.17) is 10.5 Å². The van der Waals surface area contributed by atoms with Gasteiger partial charge in [-0.1, -0.05) is 37.6 Å². The maximum atomic E-state index is 6.34. The minimum Gasteiger partial charge on any atom is -0.369 e. The third-order valence-electron chi connectivity index (χ3n) is 5.29. The zero-order valence-electron chi connectivity index (χ0n) is 14.1. The van der Waals surface area contributed by atoms with Gasteiger partial charge in [0.05, 0.1) is 12.2 Å². The highest BCUT2D eigenvalue weighted by Gasteiger charge is 2.35. The van der Waals surface area contributed by atoms with E-state index in [0.717, 1.165) is 24.7 Å². The fourth-order valence-electron chi connectivity index (χ4n) is 3.43. The van der Waals surface area contributed by atoms with Crippen LogP contribution in [0.5, 0.6) is 0 Å². The minimum absolute atomic E-state index is 0.0957. The zero-order valence-corrected chi connectivity index (χ0v) is 14.1. The minimum atomic E-state index is -0.0957. The predicted octanol–water partition coefficient (Wildman–Crippen LogP) is 4.36. The van der Waals surface area contributed by atoms with Crippen molar-refractivity contribution in [1.82, 2.24) is 0 Å². The summed E-state index contributed by atoms with van der Waals surface area (Å²) in [7, 11) is 0. The van der Waals surface area contributed by atoms with E-state index >= 15 is 0 Å². The molecule has 0 spiro atoms. The Hall–Kier alpha value is -0.860. The highest BCUT2D eigenvalue weighted by molar-refractivity contribution is 5.29. The van der Waals surface area contributed by atoms with Gasteiger partial charge in [0.25, 0.3) is 0 Å². The molecule has 0 bridgehead atoms. The smallest absolute Gasteiger partial charge is 0.0808 e. The third kappa shape index (κ3) is 4.08. The van der Waals surface area contributed by atoms with Gasteiger partial charge >= 0.3 is 0 Å². The fourth-order valence-corrected chi connectivity index (χ4v) is 3.43. The van der Waals surface area contributed by atoms with E-state index in [1.54, 1.807) is 0 Å². The maximum Gasteiger partial charge on any atom is 0.0808 e. The van der Waals surface area contributed by atoms with Crippen molar-refractivity contribution in [3.8, 4) is 0 Å². The Morgan fingerprint density at radius 1 is 1.24 bits per heavy atom. The lowest BCUT2D eigenvalue weighted by Crippen LogP contribution is -2.44. The summed E-state index contributed by atoms with van der Waals surface area (Å²) < 4.78 is 6.34. The molecule has 0 radical (unpaired) electrons. The molecule has 1 aliphatic carbocycles. The average Bonchev–Trinajstić information content (AvgIpc) is 2.48. The summed E-state index contributed by atoms with van der Waals surface area (Å²) in [5, 5.41) is 0. The predicted molar refractivity (Wildman–Crippen MR) is 89.3 cm³/mol. The van der Waals surface area contributed by atoms with Gasteiger partial charge in [0.2, 0.25) is 0 Å². The van der Waals surface area contributed by atoms with Crippen LogP contribution in [0.15, 0.2) is 18.2 Å². The molecule has 1 aliphatic rings. The molecule has 0 aromatic heterocycles. The molecule has 0 saturated heterocycles. The van der Waals surface area contributed by atoms with Crippen molar-refractivity contribution in [2.75, 3.05) is 6.54 Å². The quantitative estimate of drug-likeness (QED) is 0.874. The Bertz CT molecular complexity index is 459. The first-order chi connectivity index (χ1) is 9.96. The van der Waals surface area contributed by atoms with E-state index in [0.29, 0.717) is 13.2 Å². The molecule has 2 N–H and O–H groups in total. The average molecular weight is 289 g/mol. The van der Waals surface area contributed by atoms with Gasteiger partial charge in [0.1, 0.15) is 0 Å². The van der Waals surface area contributed by atoms with Crippen LogP contribution >= 0.6 is 0 Å². The molecule has 1 aromatic rings. The van der Waals surface area contributed by atoms with Crippen molar-refractivity contribution in [3.05, 3.63) is 34.9 Å². The molecule has 2 heteroatoms. The lowest BCUT2D eigenvalue weighted by molar-refractivity contribution is -0.0842. The number of hydrogen-bond donors (Lipinski definition) is 1. The second kappa shape index (κ2) is 6.93. The van der Waals surface area contributed by atoms with E-state index in [1.165, 1.54) is 29.5 Å². The number of ether oxygens (including phenoxy) is 1. The second-order valence-electron chi connectivity index (χ2n) is 7.19. The van der Waals surface area contributed by atoms with E-state index in [9.17, 15) is 0 Å². The molecule has 0 aliphatic heterocycles. The highest BCUT2D eigenvalue weighted by Crippen LogP contribution is 2.38. The van der Waals surface area contributed by atoms with E-state index in [2.05, 4.69) is 45.9 Å². The van der Waals surface area contributed by atoms with Crippen LogP contribution in [0.2, 0.25) is 0 Å². The highest BCUT2D eigenvalue weighted by atomic mass is 16.5. The van der Waals surface area contributed by atoms with Crippen molar-refractivity contribution in [3.63, 3.8) is 0 Å². The van der Waals surface area contributed by atoms with Crippen molar-refractivity contribution < 1.29 is 4.74 Å². The fraction of sp³-hybridized carbons (Fsp3) is 0.684. The van der Waals surface area contributed by atoms with Crippen LogP contribution in [0.3, 0.4) is 0 Å². The van der Waals surface area contributed by atoms with Gasteiger partial charge in [-0.3, -0.25) is 0 Å². The van der Waals surface area contributed by atoms with Crippen molar-refractivity contribution in [2.24, 2.45) is 17.6 Å². The first-order valence-corrected chi connectivity index (χ1v) is 8.36. The van der Waals surface area contributed by atoms with Crippen molar-refractivity contribution in [2.45, 2.75) is 65.6 Å². The topological polar surface area (TPSA) is 35.2 Å². The summed E-state index contributed by atoms with van der Waals surface area (Å²) in [6.07, 6.45) is 4.72. The molecular weight excluding hydrogens is 258 g/mol. The van der Waals surface area contributed by atoms with Crippen LogP contribution in [0.25, 0.3) is 0 Å². The Kier molecular flexibility index (Phi) is 5.45. The van der Waals surface area contributed by atoms with Crippen LogP contribution in [-0.4, -0.2) is 12.1 Å². The monoisotopic (exact) mass is 289 g/mol. The molecule has 0 amide bonds. The third-order valence-corrected chi connectivity index (χ3v) is 5.29. The molecule has 0 heterocycles. The molecular formula is C19H31NO. The standard InChI is InChI=1S/C19H31NO/c1-14(2)17-7-9-19(13-20,10-8-17)21-12-18-11-15(3)5-6-16(18)4/h5-6,11,14,17H,7-10,12-13,20H2,1-4H3.